The lowest BCUT2D eigenvalue weighted by Gasteiger charge is -2.32. The summed E-state index contributed by atoms with van der Waals surface area (Å²) in [5.41, 5.74) is 0.0220. The van der Waals surface area contributed by atoms with E-state index in [0.717, 1.165) is 19.3 Å². The molecule has 3 nitrogen and oxygen atoms in total. The summed E-state index contributed by atoms with van der Waals surface area (Å²) in [6.45, 7) is 4.43. The van der Waals surface area contributed by atoms with Crippen LogP contribution >= 0.6 is 23.2 Å². The molecule has 2 rings (SSSR count). The van der Waals surface area contributed by atoms with Crippen LogP contribution in [0, 0.1) is 11.8 Å². The minimum absolute atomic E-state index is 0.0120. The van der Waals surface area contributed by atoms with Gasteiger partial charge >= 0.3 is 5.97 Å². The average molecular weight is 317 g/mol. The Labute approximate surface area is 128 Å². The number of carbonyl (C=O) groups is 1. The van der Waals surface area contributed by atoms with Crippen LogP contribution in [-0.2, 0) is 0 Å². The van der Waals surface area contributed by atoms with Crippen LogP contribution in [0.4, 0.5) is 0 Å². The predicted octanol–water partition coefficient (Wildman–Crippen LogP) is 4.90. The highest BCUT2D eigenvalue weighted by Crippen LogP contribution is 2.37. The van der Waals surface area contributed by atoms with Crippen LogP contribution in [0.5, 0.6) is 5.75 Å². The topological polar surface area (TPSA) is 46.5 Å². The Bertz CT molecular complexity index is 516. The zero-order chi connectivity index (χ0) is 14.9. The molecule has 0 aromatic heterocycles. The van der Waals surface area contributed by atoms with Gasteiger partial charge in [0, 0.05) is 5.02 Å². The number of ether oxygens (including phenoxy) is 1. The van der Waals surface area contributed by atoms with Gasteiger partial charge in [-0.15, -0.1) is 0 Å². The molecule has 3 atom stereocenters. The number of halogens is 2. The fourth-order valence-corrected chi connectivity index (χ4v) is 3.15. The van der Waals surface area contributed by atoms with E-state index in [1.165, 1.54) is 12.1 Å². The van der Waals surface area contributed by atoms with Crippen LogP contribution in [0.15, 0.2) is 12.1 Å². The lowest BCUT2D eigenvalue weighted by molar-refractivity contribution is 0.0675. The number of carboxylic acids is 1. The number of aromatic carboxylic acids is 1. The molecule has 1 N–H and O–H groups in total. The van der Waals surface area contributed by atoms with Gasteiger partial charge in [-0.3, -0.25) is 0 Å². The van der Waals surface area contributed by atoms with Gasteiger partial charge in [0.25, 0.3) is 0 Å². The molecule has 3 unspecified atom stereocenters. The van der Waals surface area contributed by atoms with Crippen LogP contribution in [0.25, 0.3) is 0 Å². The summed E-state index contributed by atoms with van der Waals surface area (Å²) < 4.78 is 5.88. The second-order valence-electron chi connectivity index (χ2n) is 5.58. The summed E-state index contributed by atoms with van der Waals surface area (Å²) in [7, 11) is 0. The van der Waals surface area contributed by atoms with Gasteiger partial charge in [-0.05, 0) is 43.2 Å². The van der Waals surface area contributed by atoms with Crippen molar-refractivity contribution in [2.45, 2.75) is 39.2 Å². The molecule has 110 valence electrons. The summed E-state index contributed by atoms with van der Waals surface area (Å²) in [6.07, 6.45) is 2.93. The summed E-state index contributed by atoms with van der Waals surface area (Å²) in [4.78, 5) is 11.3. The van der Waals surface area contributed by atoms with Gasteiger partial charge in [0.2, 0.25) is 0 Å². The van der Waals surface area contributed by atoms with E-state index in [4.69, 9.17) is 27.9 Å². The number of rotatable bonds is 3. The van der Waals surface area contributed by atoms with Crippen molar-refractivity contribution in [2.24, 2.45) is 11.8 Å². The number of hydrogen-bond donors (Lipinski definition) is 1. The van der Waals surface area contributed by atoms with Gasteiger partial charge in [0.05, 0.1) is 11.1 Å². The van der Waals surface area contributed by atoms with Crippen LogP contribution in [-0.4, -0.2) is 17.2 Å². The first kappa shape index (κ1) is 15.5. The molecule has 1 aliphatic rings. The minimum Gasteiger partial charge on any atom is -0.488 e. The van der Waals surface area contributed by atoms with Crippen molar-refractivity contribution in [3.8, 4) is 5.75 Å². The number of benzene rings is 1. The average Bonchev–Trinajstić information content (AvgIpc) is 2.36. The molecule has 0 heterocycles. The first-order valence-corrected chi connectivity index (χ1v) is 7.53. The molecule has 1 fully saturated rings. The summed E-state index contributed by atoms with van der Waals surface area (Å²) in [5.74, 6) is 0.388. The van der Waals surface area contributed by atoms with E-state index in [1.807, 2.05) is 0 Å². The van der Waals surface area contributed by atoms with Gasteiger partial charge in [-0.2, -0.15) is 0 Å². The van der Waals surface area contributed by atoms with E-state index >= 15 is 0 Å². The highest BCUT2D eigenvalue weighted by molar-refractivity contribution is 6.36. The molecule has 0 saturated heterocycles. The second-order valence-corrected chi connectivity index (χ2v) is 6.42. The monoisotopic (exact) mass is 316 g/mol. The Morgan fingerprint density at radius 2 is 1.95 bits per heavy atom. The molecule has 0 amide bonds. The van der Waals surface area contributed by atoms with E-state index in [-0.39, 0.29) is 22.4 Å². The van der Waals surface area contributed by atoms with Crippen molar-refractivity contribution in [3.63, 3.8) is 0 Å². The number of hydrogen-bond acceptors (Lipinski definition) is 2. The maximum absolute atomic E-state index is 11.3. The SMILES string of the molecule is CC1CCC(Oc2c(Cl)cc(Cl)cc2C(=O)O)CC1C. The van der Waals surface area contributed by atoms with Crippen LogP contribution in [0.3, 0.4) is 0 Å². The normalized spacial score (nSPS) is 26.3. The Kier molecular flexibility index (Phi) is 4.82. The quantitative estimate of drug-likeness (QED) is 0.863. The lowest BCUT2D eigenvalue weighted by Crippen LogP contribution is -2.29. The maximum Gasteiger partial charge on any atom is 0.339 e. The largest absolute Gasteiger partial charge is 0.488 e. The Hall–Kier alpha value is -0.930. The van der Waals surface area contributed by atoms with Crippen molar-refractivity contribution >= 4 is 29.2 Å². The Morgan fingerprint density at radius 1 is 1.25 bits per heavy atom. The van der Waals surface area contributed by atoms with E-state index in [1.54, 1.807) is 0 Å². The summed E-state index contributed by atoms with van der Waals surface area (Å²) >= 11 is 11.9. The van der Waals surface area contributed by atoms with Crippen molar-refractivity contribution in [2.75, 3.05) is 0 Å². The smallest absolute Gasteiger partial charge is 0.339 e. The third-order valence-electron chi connectivity index (χ3n) is 4.07. The molecule has 20 heavy (non-hydrogen) atoms. The van der Waals surface area contributed by atoms with Crippen molar-refractivity contribution in [1.82, 2.24) is 0 Å². The van der Waals surface area contributed by atoms with Crippen molar-refractivity contribution in [1.29, 1.82) is 0 Å². The fraction of sp³-hybridized carbons (Fsp3) is 0.533. The van der Waals surface area contributed by atoms with E-state index in [9.17, 15) is 9.90 Å². The maximum atomic E-state index is 11.3. The third-order valence-corrected chi connectivity index (χ3v) is 4.57. The number of carboxylic acid groups (broad SMARTS) is 1. The summed E-state index contributed by atoms with van der Waals surface area (Å²) in [6, 6.07) is 2.89. The van der Waals surface area contributed by atoms with Crippen LogP contribution < -0.4 is 4.74 Å². The molecule has 0 aliphatic heterocycles. The zero-order valence-corrected chi connectivity index (χ0v) is 13.0. The molecule has 0 bridgehead atoms. The molecule has 1 aromatic rings. The molecule has 5 heteroatoms. The first-order valence-electron chi connectivity index (χ1n) is 6.77. The lowest BCUT2D eigenvalue weighted by atomic mass is 9.80. The second kappa shape index (κ2) is 6.23. The van der Waals surface area contributed by atoms with Crippen molar-refractivity contribution < 1.29 is 14.6 Å². The van der Waals surface area contributed by atoms with Crippen LogP contribution in [0.2, 0.25) is 10.0 Å². The molecule has 1 aliphatic carbocycles. The van der Waals surface area contributed by atoms with Gasteiger partial charge in [0.1, 0.15) is 5.56 Å². The molecule has 0 radical (unpaired) electrons. The fourth-order valence-electron chi connectivity index (χ4n) is 2.61. The summed E-state index contributed by atoms with van der Waals surface area (Å²) in [5, 5.41) is 9.79. The zero-order valence-electron chi connectivity index (χ0n) is 11.5. The van der Waals surface area contributed by atoms with Gasteiger partial charge in [0.15, 0.2) is 5.75 Å². The Balaban J connectivity index is 2.23. The molecule has 1 saturated carbocycles. The highest BCUT2D eigenvalue weighted by Gasteiger charge is 2.28. The Morgan fingerprint density at radius 3 is 2.55 bits per heavy atom. The molecular formula is C15H18Cl2O3. The molecule has 0 spiro atoms. The van der Waals surface area contributed by atoms with Gasteiger partial charge in [-0.25, -0.2) is 4.79 Å². The first-order chi connectivity index (χ1) is 9.38. The minimum atomic E-state index is -1.08. The van der Waals surface area contributed by atoms with E-state index in [2.05, 4.69) is 13.8 Å². The van der Waals surface area contributed by atoms with Crippen LogP contribution in [0.1, 0.15) is 43.5 Å². The van der Waals surface area contributed by atoms with E-state index in [0.29, 0.717) is 16.9 Å². The van der Waals surface area contributed by atoms with Crippen molar-refractivity contribution in [3.05, 3.63) is 27.7 Å². The van der Waals surface area contributed by atoms with E-state index < -0.39 is 5.97 Å². The molecule has 1 aromatic carbocycles. The standard InChI is InChI=1S/C15H18Cl2O3/c1-8-3-4-11(5-9(8)2)20-14-12(15(18)19)6-10(16)7-13(14)17/h6-9,11H,3-5H2,1-2H3,(H,18,19). The van der Waals surface area contributed by atoms with Gasteiger partial charge < -0.3 is 9.84 Å². The predicted molar refractivity (Wildman–Crippen MR) is 80.0 cm³/mol. The molecular weight excluding hydrogens is 299 g/mol. The van der Waals surface area contributed by atoms with Gasteiger partial charge in [-0.1, -0.05) is 37.0 Å². The highest BCUT2D eigenvalue weighted by atomic mass is 35.5. The third kappa shape index (κ3) is 3.39.